The van der Waals surface area contributed by atoms with Gasteiger partial charge in [-0.25, -0.2) is 5.01 Å². The number of benzene rings is 1. The Morgan fingerprint density at radius 1 is 1.11 bits per heavy atom. The molecule has 3 heterocycles. The van der Waals surface area contributed by atoms with E-state index in [-0.39, 0.29) is 11.9 Å². The monoisotopic (exact) mass is 365 g/mol. The Hall–Kier alpha value is -2.40. The molecule has 2 aromatic rings. The van der Waals surface area contributed by atoms with Crippen LogP contribution in [0.4, 0.5) is 0 Å². The summed E-state index contributed by atoms with van der Waals surface area (Å²) in [5.41, 5.74) is 3.23. The van der Waals surface area contributed by atoms with Crippen LogP contribution in [0.1, 0.15) is 55.0 Å². The van der Waals surface area contributed by atoms with Crippen LogP contribution in [0.3, 0.4) is 0 Å². The van der Waals surface area contributed by atoms with Gasteiger partial charge in [-0.15, -0.1) is 0 Å². The summed E-state index contributed by atoms with van der Waals surface area (Å²) in [5, 5.41) is 6.38. The van der Waals surface area contributed by atoms with E-state index in [4.69, 9.17) is 9.52 Å². The zero-order chi connectivity index (χ0) is 18.6. The van der Waals surface area contributed by atoms with Crippen LogP contribution in [0.25, 0.3) is 0 Å². The van der Waals surface area contributed by atoms with E-state index in [0.717, 1.165) is 30.1 Å². The second kappa shape index (κ2) is 8.09. The molecule has 0 saturated carbocycles. The second-order valence-corrected chi connectivity index (χ2v) is 7.58. The molecule has 142 valence electrons. The van der Waals surface area contributed by atoms with E-state index < -0.39 is 0 Å². The number of carbonyl (C=O) groups is 1. The lowest BCUT2D eigenvalue weighted by atomic mass is 10.0. The highest BCUT2D eigenvalue weighted by molar-refractivity contribution is 6.03. The van der Waals surface area contributed by atoms with Gasteiger partial charge in [0.05, 0.1) is 18.5 Å². The van der Waals surface area contributed by atoms with Crippen LogP contribution in [0.5, 0.6) is 0 Å². The summed E-state index contributed by atoms with van der Waals surface area (Å²) in [6.45, 7) is 4.50. The molecule has 1 amide bonds. The first-order chi connectivity index (χ1) is 13.2. The highest BCUT2D eigenvalue weighted by atomic mass is 16.3. The molecular weight excluding hydrogens is 338 g/mol. The van der Waals surface area contributed by atoms with Crippen molar-refractivity contribution in [3.05, 3.63) is 59.5 Å². The van der Waals surface area contributed by atoms with Crippen LogP contribution in [0.15, 0.2) is 52.2 Å². The van der Waals surface area contributed by atoms with Gasteiger partial charge in [-0.05, 0) is 50.6 Å². The van der Waals surface area contributed by atoms with Crippen molar-refractivity contribution in [3.8, 4) is 0 Å². The Bertz CT molecular complexity index is 787. The number of carbonyl (C=O) groups excluding carboxylic acids is 1. The molecule has 1 atom stereocenters. The first kappa shape index (κ1) is 18.0. The molecule has 4 rings (SSSR count). The number of aryl methyl sites for hydroxylation is 1. The lowest BCUT2D eigenvalue weighted by Gasteiger charge is -2.24. The Morgan fingerprint density at radius 2 is 1.85 bits per heavy atom. The highest BCUT2D eigenvalue weighted by Gasteiger charge is 2.35. The number of hydrogen-bond donors (Lipinski definition) is 0. The minimum Gasteiger partial charge on any atom is -0.467 e. The first-order valence-electron chi connectivity index (χ1n) is 9.93. The molecule has 0 N–H and O–H groups in total. The maximum absolute atomic E-state index is 13.1. The fourth-order valence-corrected chi connectivity index (χ4v) is 3.92. The summed E-state index contributed by atoms with van der Waals surface area (Å²) in [5.74, 6) is 0.852. The van der Waals surface area contributed by atoms with Crippen LogP contribution in [-0.2, 0) is 4.79 Å². The van der Waals surface area contributed by atoms with Gasteiger partial charge < -0.3 is 4.42 Å². The van der Waals surface area contributed by atoms with Crippen molar-refractivity contribution in [2.45, 2.75) is 45.1 Å². The van der Waals surface area contributed by atoms with E-state index >= 15 is 0 Å². The van der Waals surface area contributed by atoms with Gasteiger partial charge in [-0.2, -0.15) is 5.10 Å². The lowest BCUT2D eigenvalue weighted by Crippen LogP contribution is -2.38. The third kappa shape index (κ3) is 4.14. The van der Waals surface area contributed by atoms with Crippen molar-refractivity contribution in [3.63, 3.8) is 0 Å². The summed E-state index contributed by atoms with van der Waals surface area (Å²) in [4.78, 5) is 15.4. The van der Waals surface area contributed by atoms with E-state index in [0.29, 0.717) is 13.0 Å². The third-order valence-corrected chi connectivity index (χ3v) is 5.48. The molecule has 1 aromatic carbocycles. The molecule has 2 aliphatic heterocycles. The fourth-order valence-electron chi connectivity index (χ4n) is 3.92. The molecule has 0 bridgehead atoms. The van der Waals surface area contributed by atoms with Gasteiger partial charge in [0, 0.05) is 6.42 Å². The average molecular weight is 365 g/mol. The molecule has 1 unspecified atom stereocenters. The third-order valence-electron chi connectivity index (χ3n) is 5.48. The number of furan rings is 1. The number of amides is 1. The number of likely N-dealkylation sites (tertiary alicyclic amines) is 1. The predicted molar refractivity (Wildman–Crippen MR) is 106 cm³/mol. The number of hydrazone groups is 1. The maximum Gasteiger partial charge on any atom is 0.257 e. The van der Waals surface area contributed by atoms with Gasteiger partial charge >= 0.3 is 0 Å². The van der Waals surface area contributed by atoms with Crippen molar-refractivity contribution >= 4 is 11.6 Å². The SMILES string of the molecule is Cc1ccc(C2=NN(C(=O)CN3CCCCCC3)C(c3ccco3)C2)cc1. The minimum atomic E-state index is -0.157. The second-order valence-electron chi connectivity index (χ2n) is 7.58. The molecule has 27 heavy (non-hydrogen) atoms. The topological polar surface area (TPSA) is 49.1 Å². The Labute approximate surface area is 160 Å². The van der Waals surface area contributed by atoms with Crippen LogP contribution >= 0.6 is 0 Å². The van der Waals surface area contributed by atoms with E-state index in [1.54, 1.807) is 11.3 Å². The molecule has 1 aromatic heterocycles. The standard InChI is InChI=1S/C22H27N3O2/c1-17-8-10-18(11-9-17)19-15-20(21-7-6-14-27-21)25(23-19)22(26)16-24-12-4-2-3-5-13-24/h6-11,14,20H,2-5,12-13,15-16H2,1H3. The van der Waals surface area contributed by atoms with E-state index in [1.807, 2.05) is 12.1 Å². The van der Waals surface area contributed by atoms with Crippen LogP contribution in [0.2, 0.25) is 0 Å². The van der Waals surface area contributed by atoms with Crippen LogP contribution < -0.4 is 0 Å². The molecule has 5 nitrogen and oxygen atoms in total. The van der Waals surface area contributed by atoms with Gasteiger partial charge in [-0.3, -0.25) is 9.69 Å². The summed E-state index contributed by atoms with van der Waals surface area (Å²) >= 11 is 0. The summed E-state index contributed by atoms with van der Waals surface area (Å²) in [6.07, 6.45) is 7.22. The Kier molecular flexibility index (Phi) is 5.39. The zero-order valence-electron chi connectivity index (χ0n) is 15.9. The van der Waals surface area contributed by atoms with E-state index in [1.165, 1.54) is 31.2 Å². The predicted octanol–water partition coefficient (Wildman–Crippen LogP) is 4.14. The average Bonchev–Trinajstić information content (AvgIpc) is 3.28. The Balaban J connectivity index is 1.55. The molecular formula is C22H27N3O2. The molecule has 5 heteroatoms. The van der Waals surface area contributed by atoms with Gasteiger partial charge in [0.2, 0.25) is 0 Å². The van der Waals surface area contributed by atoms with Gasteiger partial charge in [0.15, 0.2) is 0 Å². The van der Waals surface area contributed by atoms with Crippen molar-refractivity contribution < 1.29 is 9.21 Å². The molecule has 0 spiro atoms. The fraction of sp³-hybridized carbons (Fsp3) is 0.455. The van der Waals surface area contributed by atoms with Gasteiger partial charge in [0.1, 0.15) is 11.8 Å². The quantitative estimate of drug-likeness (QED) is 0.818. The summed E-state index contributed by atoms with van der Waals surface area (Å²) in [6, 6.07) is 12.0. The molecule has 0 radical (unpaired) electrons. The normalized spacial score (nSPS) is 21.1. The lowest BCUT2D eigenvalue weighted by molar-refractivity contribution is -0.134. The molecule has 1 fully saturated rings. The van der Waals surface area contributed by atoms with Crippen molar-refractivity contribution in [1.29, 1.82) is 0 Å². The van der Waals surface area contributed by atoms with Crippen molar-refractivity contribution in [2.75, 3.05) is 19.6 Å². The van der Waals surface area contributed by atoms with Crippen LogP contribution in [-0.4, -0.2) is 41.2 Å². The highest BCUT2D eigenvalue weighted by Crippen LogP contribution is 2.33. The van der Waals surface area contributed by atoms with Crippen molar-refractivity contribution in [2.24, 2.45) is 5.10 Å². The smallest absolute Gasteiger partial charge is 0.257 e. The number of nitrogens with zero attached hydrogens (tertiary/aromatic N) is 3. The molecule has 0 aliphatic carbocycles. The van der Waals surface area contributed by atoms with Gasteiger partial charge in [-0.1, -0.05) is 42.7 Å². The van der Waals surface area contributed by atoms with Crippen LogP contribution in [0, 0.1) is 6.92 Å². The minimum absolute atomic E-state index is 0.0559. The van der Waals surface area contributed by atoms with Gasteiger partial charge in [0.25, 0.3) is 5.91 Å². The molecule has 2 aliphatic rings. The Morgan fingerprint density at radius 3 is 2.52 bits per heavy atom. The zero-order valence-corrected chi connectivity index (χ0v) is 15.9. The molecule has 1 saturated heterocycles. The largest absolute Gasteiger partial charge is 0.467 e. The maximum atomic E-state index is 13.1. The van der Waals surface area contributed by atoms with Crippen molar-refractivity contribution in [1.82, 2.24) is 9.91 Å². The van der Waals surface area contributed by atoms with E-state index in [2.05, 4.69) is 36.1 Å². The number of rotatable bonds is 4. The first-order valence-corrected chi connectivity index (χ1v) is 9.93. The summed E-state index contributed by atoms with van der Waals surface area (Å²) < 4.78 is 5.63. The number of hydrogen-bond acceptors (Lipinski definition) is 4. The summed E-state index contributed by atoms with van der Waals surface area (Å²) in [7, 11) is 0. The van der Waals surface area contributed by atoms with E-state index in [9.17, 15) is 4.79 Å².